The Balaban J connectivity index is 1.24. The molecule has 0 aliphatic carbocycles. The van der Waals surface area contributed by atoms with E-state index >= 15 is 0 Å². The van der Waals surface area contributed by atoms with Crippen LogP contribution < -0.4 is 25.4 Å². The Labute approximate surface area is 223 Å². The normalized spacial score (nSPS) is 21.9. The van der Waals surface area contributed by atoms with Crippen molar-refractivity contribution < 1.29 is 14.3 Å². The predicted octanol–water partition coefficient (Wildman–Crippen LogP) is 2.84. The van der Waals surface area contributed by atoms with E-state index in [1.807, 2.05) is 29.2 Å². The molecule has 9 nitrogen and oxygen atoms in total. The third-order valence-electron chi connectivity index (χ3n) is 6.48. The number of anilines is 2. The highest BCUT2D eigenvalue weighted by Gasteiger charge is 2.43. The van der Waals surface area contributed by atoms with Gasteiger partial charge in [-0.05, 0) is 42.5 Å². The van der Waals surface area contributed by atoms with E-state index in [-0.39, 0.29) is 29.7 Å². The number of carbonyl (C=O) groups is 2. The molecule has 2 unspecified atom stereocenters. The number of fused-ring (bicyclic) bond motifs is 1. The lowest BCUT2D eigenvalue weighted by Crippen LogP contribution is -2.51. The molecule has 3 aliphatic rings. The second-order valence-electron chi connectivity index (χ2n) is 8.61. The average molecular weight is 549 g/mol. The summed E-state index contributed by atoms with van der Waals surface area (Å²) in [7, 11) is 1.65. The summed E-state index contributed by atoms with van der Waals surface area (Å²) in [6, 6.07) is 12.9. The quantitative estimate of drug-likeness (QED) is 0.593. The fourth-order valence-corrected chi connectivity index (χ4v) is 5.91. The number of carbonyl (C=O) groups excluding carboxylic acids is 2. The Hall–Kier alpha value is -2.50. The van der Waals surface area contributed by atoms with Gasteiger partial charge in [0.1, 0.15) is 11.9 Å². The van der Waals surface area contributed by atoms with E-state index in [4.69, 9.17) is 32.9 Å². The van der Waals surface area contributed by atoms with Gasteiger partial charge in [0.25, 0.3) is 0 Å². The van der Waals surface area contributed by atoms with Crippen LogP contribution in [0, 0.1) is 5.92 Å². The Morgan fingerprint density at radius 2 is 1.89 bits per heavy atom. The van der Waals surface area contributed by atoms with Crippen molar-refractivity contribution in [3.63, 3.8) is 0 Å². The molecule has 2 fully saturated rings. The minimum Gasteiger partial charge on any atom is -0.497 e. The smallest absolute Gasteiger partial charge is 0.241 e. The molecule has 0 saturated carbocycles. The maximum atomic E-state index is 13.4. The van der Waals surface area contributed by atoms with Crippen LogP contribution in [0.2, 0.25) is 10.0 Å². The number of hydrogen-bond donors (Lipinski definition) is 2. The number of rotatable bonds is 5. The van der Waals surface area contributed by atoms with Gasteiger partial charge in [-0.15, -0.1) is 0 Å². The van der Waals surface area contributed by atoms with Crippen LogP contribution in [-0.2, 0) is 9.59 Å². The molecule has 2 amide bonds. The van der Waals surface area contributed by atoms with Crippen LogP contribution in [-0.4, -0.2) is 73.6 Å². The van der Waals surface area contributed by atoms with Gasteiger partial charge >= 0.3 is 0 Å². The molecule has 0 spiro atoms. The number of aliphatic imine (C=N–C) groups is 1. The highest BCUT2D eigenvalue weighted by molar-refractivity contribution is 8.14. The third-order valence-corrected chi connectivity index (χ3v) is 7.95. The Morgan fingerprint density at radius 3 is 2.58 bits per heavy atom. The second-order valence-corrected chi connectivity index (χ2v) is 10.4. The van der Waals surface area contributed by atoms with Crippen molar-refractivity contribution in [1.29, 1.82) is 0 Å². The molecular weight excluding hydrogens is 523 g/mol. The summed E-state index contributed by atoms with van der Waals surface area (Å²) in [4.78, 5) is 36.8. The molecule has 2 atom stereocenters. The van der Waals surface area contributed by atoms with Crippen molar-refractivity contribution in [2.75, 3.05) is 55.4 Å². The highest BCUT2D eigenvalue weighted by atomic mass is 35.5. The van der Waals surface area contributed by atoms with Crippen LogP contribution in [0.1, 0.15) is 0 Å². The van der Waals surface area contributed by atoms with Gasteiger partial charge < -0.3 is 14.5 Å². The fraction of sp³-hybridized carbons (Fsp3) is 0.375. The summed E-state index contributed by atoms with van der Waals surface area (Å²) in [5.41, 5.74) is 7.64. The number of hydrogen-bond acceptors (Lipinski definition) is 8. The SMILES string of the molecule is COc1ccc(N2CCN(C(=O)CSC3=NC4NNCC4C(=O)N3c3ccc(Cl)cc3Cl)CC2)cc1. The average Bonchev–Trinajstić information content (AvgIpc) is 3.37. The van der Waals surface area contributed by atoms with Crippen molar-refractivity contribution in [1.82, 2.24) is 15.8 Å². The van der Waals surface area contributed by atoms with Gasteiger partial charge in [-0.1, -0.05) is 35.0 Å². The molecule has 36 heavy (non-hydrogen) atoms. The van der Waals surface area contributed by atoms with Crippen LogP contribution in [0.25, 0.3) is 0 Å². The lowest BCUT2D eigenvalue weighted by atomic mass is 10.0. The molecule has 190 valence electrons. The Kier molecular flexibility index (Phi) is 7.59. The number of halogens is 2. The number of ether oxygens (including phenoxy) is 1. The molecule has 2 N–H and O–H groups in total. The van der Waals surface area contributed by atoms with Gasteiger partial charge in [0.15, 0.2) is 5.17 Å². The zero-order chi connectivity index (χ0) is 25.2. The third kappa shape index (κ3) is 5.14. The highest BCUT2D eigenvalue weighted by Crippen LogP contribution is 2.35. The van der Waals surface area contributed by atoms with E-state index < -0.39 is 0 Å². The topological polar surface area (TPSA) is 89.5 Å². The minimum atomic E-state index is -0.384. The number of piperazine rings is 1. The van der Waals surface area contributed by atoms with E-state index in [0.717, 1.165) is 24.5 Å². The van der Waals surface area contributed by atoms with Crippen molar-refractivity contribution >= 4 is 63.3 Å². The van der Waals surface area contributed by atoms with E-state index in [9.17, 15) is 9.59 Å². The van der Waals surface area contributed by atoms with Crippen LogP contribution in [0.15, 0.2) is 47.5 Å². The molecule has 0 bridgehead atoms. The van der Waals surface area contributed by atoms with Crippen molar-refractivity contribution in [3.05, 3.63) is 52.5 Å². The van der Waals surface area contributed by atoms with Crippen LogP contribution >= 0.6 is 35.0 Å². The molecule has 0 radical (unpaired) electrons. The number of nitrogens with zero attached hydrogens (tertiary/aromatic N) is 4. The largest absolute Gasteiger partial charge is 0.497 e. The van der Waals surface area contributed by atoms with Gasteiger partial charge in [-0.2, -0.15) is 0 Å². The number of hydrazine groups is 1. The summed E-state index contributed by atoms with van der Waals surface area (Å²) >= 11 is 13.8. The molecule has 2 aromatic rings. The Bertz CT molecular complexity index is 1170. The summed E-state index contributed by atoms with van der Waals surface area (Å²) in [6.45, 7) is 3.20. The monoisotopic (exact) mass is 548 g/mol. The summed E-state index contributed by atoms with van der Waals surface area (Å²) in [6.07, 6.45) is -0.384. The van der Waals surface area contributed by atoms with Crippen LogP contribution in [0.5, 0.6) is 5.75 Å². The first-order chi connectivity index (χ1) is 17.4. The first kappa shape index (κ1) is 25.2. The molecule has 3 heterocycles. The van der Waals surface area contributed by atoms with E-state index in [1.54, 1.807) is 25.3 Å². The van der Waals surface area contributed by atoms with Crippen LogP contribution in [0.3, 0.4) is 0 Å². The fourth-order valence-electron chi connectivity index (χ4n) is 4.48. The Morgan fingerprint density at radius 1 is 1.14 bits per heavy atom. The van der Waals surface area contributed by atoms with Crippen molar-refractivity contribution in [3.8, 4) is 5.75 Å². The number of benzene rings is 2. The molecular formula is C24H26Cl2N6O3S. The van der Waals surface area contributed by atoms with Crippen LogP contribution in [0.4, 0.5) is 11.4 Å². The van der Waals surface area contributed by atoms with Gasteiger partial charge in [0, 0.05) is 43.4 Å². The molecule has 2 aromatic carbocycles. The molecule has 5 rings (SSSR count). The summed E-state index contributed by atoms with van der Waals surface area (Å²) < 4.78 is 5.23. The van der Waals surface area contributed by atoms with E-state index in [0.29, 0.717) is 40.5 Å². The van der Waals surface area contributed by atoms with Gasteiger partial charge in [0.05, 0.1) is 29.5 Å². The van der Waals surface area contributed by atoms with Crippen molar-refractivity contribution in [2.45, 2.75) is 6.17 Å². The maximum absolute atomic E-state index is 13.4. The number of amidine groups is 1. The zero-order valence-electron chi connectivity index (χ0n) is 19.6. The van der Waals surface area contributed by atoms with Gasteiger partial charge in [-0.25, -0.2) is 10.4 Å². The molecule has 0 aromatic heterocycles. The molecule has 2 saturated heterocycles. The summed E-state index contributed by atoms with van der Waals surface area (Å²) in [5.74, 6) is 0.507. The number of thioether (sulfide) groups is 1. The first-order valence-corrected chi connectivity index (χ1v) is 13.3. The minimum absolute atomic E-state index is 0.00584. The van der Waals surface area contributed by atoms with E-state index in [2.05, 4.69) is 15.8 Å². The predicted molar refractivity (Wildman–Crippen MR) is 144 cm³/mol. The zero-order valence-corrected chi connectivity index (χ0v) is 21.9. The number of methoxy groups -OCH3 is 1. The second kappa shape index (κ2) is 10.9. The van der Waals surface area contributed by atoms with Crippen molar-refractivity contribution in [2.24, 2.45) is 10.9 Å². The number of nitrogens with one attached hydrogen (secondary N) is 2. The standard InChI is InChI=1S/C24H26Cl2N6O3S/c1-35-17-5-3-16(4-6-17)30-8-10-31(11-9-30)21(33)14-36-24-28-22-18(13-27-29-22)23(34)32(24)20-7-2-15(25)12-19(20)26/h2-7,12,18,22,27,29H,8-11,13-14H2,1H3. The van der Waals surface area contributed by atoms with Gasteiger partial charge in [0.2, 0.25) is 11.8 Å². The maximum Gasteiger partial charge on any atom is 0.241 e. The first-order valence-electron chi connectivity index (χ1n) is 11.6. The number of amides is 2. The molecule has 3 aliphatic heterocycles. The lowest BCUT2D eigenvalue weighted by molar-refractivity contribution is -0.128. The lowest BCUT2D eigenvalue weighted by Gasteiger charge is -2.36. The van der Waals surface area contributed by atoms with Gasteiger partial charge in [-0.3, -0.25) is 19.9 Å². The van der Waals surface area contributed by atoms with E-state index in [1.165, 1.54) is 16.7 Å². The molecule has 12 heteroatoms. The summed E-state index contributed by atoms with van der Waals surface area (Å²) in [5, 5.41) is 1.26.